The zero-order valence-electron chi connectivity index (χ0n) is 30.0. The van der Waals surface area contributed by atoms with Gasteiger partial charge in [0.25, 0.3) is 5.56 Å². The highest BCUT2D eigenvalue weighted by atomic mass is 32.1. The van der Waals surface area contributed by atoms with Crippen LogP contribution in [0.2, 0.25) is 0 Å². The number of ether oxygens (including phenoxy) is 1. The first-order chi connectivity index (χ1) is 24.1. The molecule has 0 radical (unpaired) electrons. The Morgan fingerprint density at radius 1 is 0.735 bits per heavy atom. The molecular weight excluding hydrogens is 627 g/mol. The second-order valence-corrected chi connectivity index (χ2v) is 14.9. The summed E-state index contributed by atoms with van der Waals surface area (Å²) in [5, 5.41) is 4.44. The first kappa shape index (κ1) is 37.1. The number of benzene rings is 2. The Bertz CT molecular complexity index is 1620. The number of fused-ring (bicyclic) bond motifs is 2. The molecule has 0 bridgehead atoms. The summed E-state index contributed by atoms with van der Waals surface area (Å²) >= 11 is 1.81. The van der Waals surface area contributed by atoms with Crippen LogP contribution in [0.4, 0.5) is 5.69 Å². The van der Waals surface area contributed by atoms with Crippen LogP contribution in [-0.4, -0.2) is 54.7 Å². The van der Waals surface area contributed by atoms with E-state index in [2.05, 4.69) is 46.4 Å². The van der Waals surface area contributed by atoms with Gasteiger partial charge in [-0.05, 0) is 73.0 Å². The zero-order chi connectivity index (χ0) is 34.1. The number of pyridine rings is 1. The van der Waals surface area contributed by atoms with Gasteiger partial charge in [0.15, 0.2) is 0 Å². The smallest absolute Gasteiger partial charge is 0.257 e. The Labute approximate surface area is 298 Å². The number of nitrogens with zero attached hydrogens (tertiary/aromatic N) is 3. The number of hydrogen-bond donors (Lipinski definition) is 0. The van der Waals surface area contributed by atoms with Gasteiger partial charge in [0.2, 0.25) is 5.91 Å². The molecule has 0 amide bonds. The van der Waals surface area contributed by atoms with Crippen LogP contribution in [0, 0.1) is 0 Å². The van der Waals surface area contributed by atoms with Gasteiger partial charge in [0, 0.05) is 60.5 Å². The highest BCUT2D eigenvalue weighted by molar-refractivity contribution is 7.17. The lowest BCUT2D eigenvalue weighted by molar-refractivity contribution is 0.0900. The average Bonchev–Trinajstić information content (AvgIpc) is 3.61. The summed E-state index contributed by atoms with van der Waals surface area (Å²) in [6, 6.07) is 18.0. The monoisotopic (exact) mass is 685 g/mol. The lowest BCUT2D eigenvalue weighted by Crippen LogP contribution is -2.46. The summed E-state index contributed by atoms with van der Waals surface area (Å²) in [7, 11) is 0. The van der Waals surface area contributed by atoms with Crippen molar-refractivity contribution in [2.24, 2.45) is 0 Å². The normalized spacial score (nSPS) is 13.9. The van der Waals surface area contributed by atoms with E-state index >= 15 is 0 Å². The maximum Gasteiger partial charge on any atom is 0.257 e. The third-order valence-electron chi connectivity index (χ3n) is 10.2. The topological polar surface area (TPSA) is 54.8 Å². The second-order valence-electron chi connectivity index (χ2n) is 14.0. The molecule has 3 heterocycles. The van der Waals surface area contributed by atoms with E-state index in [1.165, 1.54) is 97.0 Å². The standard InChI is InChI=1S/C42H59N3O3S/c1-2-3-4-5-6-7-8-9-10-11-12-13-14-15-21-41(46)45-39-34-36(24-22-35(39)23-25-42(45)47)48-32-17-16-27-43-28-30-44(31-29-43)38-19-18-20-40-37(38)26-33-49-40/h18-20,22-26,33-34H,2-17,21,27-32H2,1H3. The Morgan fingerprint density at radius 2 is 1.41 bits per heavy atom. The summed E-state index contributed by atoms with van der Waals surface area (Å²) in [5.74, 6) is 0.603. The number of anilines is 1. The molecule has 1 fully saturated rings. The molecule has 266 valence electrons. The number of carbonyl (C=O) groups is 1. The largest absolute Gasteiger partial charge is 0.494 e. The van der Waals surface area contributed by atoms with Gasteiger partial charge in [0.1, 0.15) is 5.75 Å². The van der Waals surface area contributed by atoms with Gasteiger partial charge < -0.3 is 9.64 Å². The number of rotatable bonds is 22. The van der Waals surface area contributed by atoms with E-state index in [0.29, 0.717) is 24.3 Å². The summed E-state index contributed by atoms with van der Waals surface area (Å²) in [4.78, 5) is 31.1. The Kier molecular flexibility index (Phi) is 15.5. The number of thiophene rings is 1. The number of piperazine rings is 1. The molecule has 1 aliphatic heterocycles. The minimum atomic E-state index is -0.257. The quantitative estimate of drug-likeness (QED) is 0.0771. The molecule has 0 aliphatic carbocycles. The van der Waals surface area contributed by atoms with E-state index in [1.54, 1.807) is 6.07 Å². The zero-order valence-corrected chi connectivity index (χ0v) is 30.8. The fraction of sp³-hybridized carbons (Fsp3) is 0.571. The van der Waals surface area contributed by atoms with Crippen LogP contribution >= 0.6 is 11.3 Å². The molecule has 1 aliphatic rings. The van der Waals surface area contributed by atoms with Crippen molar-refractivity contribution in [3.05, 3.63) is 70.3 Å². The molecule has 5 rings (SSSR count). The number of carbonyl (C=O) groups excluding carboxylic acids is 1. The van der Waals surface area contributed by atoms with E-state index in [1.807, 2.05) is 29.5 Å². The lowest BCUT2D eigenvalue weighted by Gasteiger charge is -2.36. The van der Waals surface area contributed by atoms with Gasteiger partial charge in [-0.2, -0.15) is 0 Å². The van der Waals surface area contributed by atoms with E-state index in [-0.39, 0.29) is 11.5 Å². The third-order valence-corrected chi connectivity index (χ3v) is 11.1. The predicted octanol–water partition coefficient (Wildman–Crippen LogP) is 10.7. The summed E-state index contributed by atoms with van der Waals surface area (Å²) in [5.41, 5.74) is 1.76. The molecule has 0 saturated carbocycles. The van der Waals surface area contributed by atoms with Crippen molar-refractivity contribution < 1.29 is 9.53 Å². The SMILES string of the molecule is CCCCCCCCCCCCCCCCC(=O)n1c(=O)ccc2ccc(OCCCCN3CCN(c4cccc5sccc45)CC3)cc21. The van der Waals surface area contributed by atoms with Crippen LogP contribution in [0.5, 0.6) is 5.75 Å². The van der Waals surface area contributed by atoms with Gasteiger partial charge >= 0.3 is 0 Å². The molecule has 6 nitrogen and oxygen atoms in total. The molecule has 0 unspecified atom stereocenters. The van der Waals surface area contributed by atoms with Crippen molar-refractivity contribution in [3.8, 4) is 5.75 Å². The first-order valence-corrected chi connectivity index (χ1v) is 20.3. The van der Waals surface area contributed by atoms with Crippen LogP contribution in [0.25, 0.3) is 21.0 Å². The second kappa shape index (κ2) is 20.5. The Hall–Kier alpha value is -3.16. The fourth-order valence-corrected chi connectivity index (χ4v) is 8.04. The Balaban J connectivity index is 0.968. The van der Waals surface area contributed by atoms with Crippen molar-refractivity contribution in [2.45, 2.75) is 116 Å². The Morgan fingerprint density at radius 3 is 2.12 bits per heavy atom. The molecule has 4 aromatic rings. The van der Waals surface area contributed by atoms with Crippen LogP contribution in [-0.2, 0) is 0 Å². The molecule has 0 N–H and O–H groups in total. The van der Waals surface area contributed by atoms with Gasteiger partial charge in [-0.3, -0.25) is 14.5 Å². The molecule has 49 heavy (non-hydrogen) atoms. The third kappa shape index (κ3) is 11.4. The van der Waals surface area contributed by atoms with Crippen molar-refractivity contribution >= 4 is 43.9 Å². The summed E-state index contributed by atoms with van der Waals surface area (Å²) < 4.78 is 8.85. The molecule has 0 atom stereocenters. The van der Waals surface area contributed by atoms with Gasteiger partial charge in [0.05, 0.1) is 12.1 Å². The number of aromatic nitrogens is 1. The van der Waals surface area contributed by atoms with Crippen molar-refractivity contribution in [1.29, 1.82) is 0 Å². The molecule has 2 aromatic heterocycles. The minimum absolute atomic E-state index is 0.112. The van der Waals surface area contributed by atoms with Crippen molar-refractivity contribution in [1.82, 2.24) is 9.47 Å². The summed E-state index contributed by atoms with van der Waals surface area (Å²) in [6.07, 6.45) is 20.4. The van der Waals surface area contributed by atoms with Crippen LogP contribution in [0.3, 0.4) is 0 Å². The van der Waals surface area contributed by atoms with Crippen LogP contribution in [0.15, 0.2) is 64.8 Å². The lowest BCUT2D eigenvalue weighted by atomic mass is 10.0. The van der Waals surface area contributed by atoms with E-state index in [0.717, 1.165) is 70.2 Å². The van der Waals surface area contributed by atoms with E-state index in [9.17, 15) is 9.59 Å². The molecule has 2 aromatic carbocycles. The molecule has 1 saturated heterocycles. The minimum Gasteiger partial charge on any atom is -0.494 e. The van der Waals surface area contributed by atoms with E-state index in [4.69, 9.17) is 4.74 Å². The maximum absolute atomic E-state index is 13.2. The van der Waals surface area contributed by atoms with Crippen molar-refractivity contribution in [2.75, 3.05) is 44.2 Å². The fourth-order valence-electron chi connectivity index (χ4n) is 7.24. The molecular formula is C42H59N3O3S. The highest BCUT2D eigenvalue weighted by Crippen LogP contribution is 2.31. The van der Waals surface area contributed by atoms with Crippen LogP contribution < -0.4 is 15.2 Å². The number of hydrogen-bond acceptors (Lipinski definition) is 6. The van der Waals surface area contributed by atoms with Gasteiger partial charge in [-0.25, -0.2) is 4.57 Å². The predicted molar refractivity (Wildman–Crippen MR) is 209 cm³/mol. The van der Waals surface area contributed by atoms with E-state index < -0.39 is 0 Å². The van der Waals surface area contributed by atoms with Gasteiger partial charge in [-0.1, -0.05) is 96.5 Å². The highest BCUT2D eigenvalue weighted by Gasteiger charge is 2.19. The molecule has 7 heteroatoms. The summed E-state index contributed by atoms with van der Waals surface area (Å²) in [6.45, 7) is 8.24. The van der Waals surface area contributed by atoms with Crippen molar-refractivity contribution in [3.63, 3.8) is 0 Å². The average molecular weight is 686 g/mol. The maximum atomic E-state index is 13.2. The number of unbranched alkanes of at least 4 members (excludes halogenated alkanes) is 14. The van der Waals surface area contributed by atoms with Gasteiger partial charge in [-0.15, -0.1) is 11.3 Å². The van der Waals surface area contributed by atoms with Crippen LogP contribution in [0.1, 0.15) is 121 Å². The first-order valence-electron chi connectivity index (χ1n) is 19.4. The molecule has 0 spiro atoms.